The number of nitrogens with zero attached hydrogens (tertiary/aromatic N) is 1. The van der Waals surface area contributed by atoms with Crippen molar-refractivity contribution in [2.24, 2.45) is 5.73 Å². The van der Waals surface area contributed by atoms with Gasteiger partial charge in [-0.1, -0.05) is 18.2 Å². The molecule has 0 unspecified atom stereocenters. The largest absolute Gasteiger partial charge is 0.466 e. The molecule has 27 heavy (non-hydrogen) atoms. The maximum atomic E-state index is 13.1. The molecular formula is C19H20N2O6. The lowest BCUT2D eigenvalue weighted by atomic mass is 9.66. The van der Waals surface area contributed by atoms with Crippen LogP contribution in [0.1, 0.15) is 19.4 Å². The Morgan fingerprint density at radius 1 is 1.22 bits per heavy atom. The van der Waals surface area contributed by atoms with Crippen molar-refractivity contribution in [1.82, 2.24) is 0 Å². The Labute approximate surface area is 156 Å². The summed E-state index contributed by atoms with van der Waals surface area (Å²) < 4.78 is 15.4. The highest BCUT2D eigenvalue weighted by Crippen LogP contribution is 2.53. The predicted octanol–water partition coefficient (Wildman–Crippen LogP) is 1.11. The standard InChI is InChI=1S/C19H20N2O6/c1-5-26-17(23)13-10(2)27-18(24)19(13)11-8-6-7-9-12(11)21(3)15(20)14(19)16(22)25-4/h6-9H,5,20H2,1-4H3/t19-/m0/s1. The van der Waals surface area contributed by atoms with Gasteiger partial charge in [0, 0.05) is 18.3 Å². The lowest BCUT2D eigenvalue weighted by Gasteiger charge is -2.39. The van der Waals surface area contributed by atoms with Crippen LogP contribution in [-0.4, -0.2) is 38.7 Å². The van der Waals surface area contributed by atoms with Gasteiger partial charge in [-0.3, -0.25) is 0 Å². The highest BCUT2D eigenvalue weighted by molar-refractivity contribution is 6.16. The zero-order chi connectivity index (χ0) is 19.9. The highest BCUT2D eigenvalue weighted by Gasteiger charge is 2.63. The Kier molecular flexibility index (Phi) is 4.43. The number of benzene rings is 1. The maximum Gasteiger partial charge on any atom is 0.339 e. The van der Waals surface area contributed by atoms with E-state index in [9.17, 15) is 14.4 Å². The summed E-state index contributed by atoms with van der Waals surface area (Å²) in [6.07, 6.45) is 0. The zero-order valence-corrected chi connectivity index (χ0v) is 15.5. The first kappa shape index (κ1) is 18.5. The molecule has 0 saturated heterocycles. The molecule has 1 atom stereocenters. The lowest BCUT2D eigenvalue weighted by molar-refractivity contribution is -0.146. The average Bonchev–Trinajstić information content (AvgIpc) is 2.90. The van der Waals surface area contributed by atoms with Crippen LogP contribution < -0.4 is 10.6 Å². The first-order valence-electron chi connectivity index (χ1n) is 8.34. The Balaban J connectivity index is 2.45. The molecule has 8 nitrogen and oxygen atoms in total. The summed E-state index contributed by atoms with van der Waals surface area (Å²) >= 11 is 0. The molecule has 2 N–H and O–H groups in total. The van der Waals surface area contributed by atoms with E-state index in [1.165, 1.54) is 14.0 Å². The number of carbonyl (C=O) groups excluding carboxylic acids is 3. The number of allylic oxidation sites excluding steroid dienone is 1. The van der Waals surface area contributed by atoms with Gasteiger partial charge >= 0.3 is 17.9 Å². The molecule has 0 radical (unpaired) electrons. The first-order valence-corrected chi connectivity index (χ1v) is 8.34. The van der Waals surface area contributed by atoms with Gasteiger partial charge in [0.05, 0.1) is 13.7 Å². The third-order valence-electron chi connectivity index (χ3n) is 4.81. The topological polar surface area (TPSA) is 108 Å². The van der Waals surface area contributed by atoms with Crippen LogP contribution in [0.4, 0.5) is 5.69 Å². The van der Waals surface area contributed by atoms with Gasteiger partial charge in [-0.2, -0.15) is 0 Å². The summed E-state index contributed by atoms with van der Waals surface area (Å²) in [5, 5.41) is 0. The van der Waals surface area contributed by atoms with E-state index in [1.807, 2.05) is 0 Å². The molecular weight excluding hydrogens is 352 g/mol. The van der Waals surface area contributed by atoms with E-state index in [4.69, 9.17) is 19.9 Å². The summed E-state index contributed by atoms with van der Waals surface area (Å²) in [6, 6.07) is 6.86. The summed E-state index contributed by atoms with van der Waals surface area (Å²) in [5.74, 6) is -2.33. The number of rotatable bonds is 3. The lowest BCUT2D eigenvalue weighted by Crippen LogP contribution is -2.49. The number of methoxy groups -OCH3 is 1. The molecule has 8 heteroatoms. The van der Waals surface area contributed by atoms with Crippen molar-refractivity contribution in [3.05, 3.63) is 52.6 Å². The van der Waals surface area contributed by atoms with Crippen molar-refractivity contribution in [2.75, 3.05) is 25.7 Å². The number of carbonyl (C=O) groups is 3. The number of cyclic esters (lactones) is 1. The van der Waals surface area contributed by atoms with Gasteiger partial charge in [0.2, 0.25) is 0 Å². The van der Waals surface area contributed by atoms with E-state index in [0.29, 0.717) is 11.3 Å². The van der Waals surface area contributed by atoms with Crippen LogP contribution in [0.2, 0.25) is 0 Å². The van der Waals surface area contributed by atoms with Crippen molar-refractivity contribution in [1.29, 1.82) is 0 Å². The van der Waals surface area contributed by atoms with Crippen molar-refractivity contribution < 1.29 is 28.6 Å². The van der Waals surface area contributed by atoms with Gasteiger partial charge in [0.15, 0.2) is 5.41 Å². The molecule has 1 aromatic carbocycles. The van der Waals surface area contributed by atoms with E-state index in [0.717, 1.165) is 0 Å². The molecule has 0 fully saturated rings. The van der Waals surface area contributed by atoms with Gasteiger partial charge in [0.1, 0.15) is 22.7 Å². The molecule has 0 aliphatic carbocycles. The minimum absolute atomic E-state index is 0.00556. The second kappa shape index (κ2) is 6.46. The number of anilines is 1. The molecule has 2 aliphatic rings. The first-order chi connectivity index (χ1) is 12.8. The van der Waals surface area contributed by atoms with E-state index < -0.39 is 23.3 Å². The van der Waals surface area contributed by atoms with Gasteiger partial charge in [0.25, 0.3) is 0 Å². The van der Waals surface area contributed by atoms with Crippen LogP contribution in [0.15, 0.2) is 47.0 Å². The average molecular weight is 372 g/mol. The van der Waals surface area contributed by atoms with Crippen LogP contribution >= 0.6 is 0 Å². The SMILES string of the molecule is CCOC(=O)C1=C(C)OC(=O)[C@]12C(C(=O)OC)=C(N)N(C)c1ccccc12. The Morgan fingerprint density at radius 2 is 1.89 bits per heavy atom. The van der Waals surface area contributed by atoms with Gasteiger partial charge in [-0.05, 0) is 19.9 Å². The fraction of sp³-hybridized carbons (Fsp3) is 0.316. The summed E-state index contributed by atoms with van der Waals surface area (Å²) in [6.45, 7) is 3.21. The fourth-order valence-electron chi connectivity index (χ4n) is 3.67. The molecule has 0 bridgehead atoms. The molecule has 142 valence electrons. The highest BCUT2D eigenvalue weighted by atomic mass is 16.6. The number of fused-ring (bicyclic) bond motifs is 2. The number of esters is 3. The number of hydrogen-bond donors (Lipinski definition) is 1. The van der Waals surface area contributed by atoms with Crippen LogP contribution in [0.5, 0.6) is 0 Å². The summed E-state index contributed by atoms with van der Waals surface area (Å²) in [5.41, 5.74) is 5.10. The molecule has 2 heterocycles. The van der Waals surface area contributed by atoms with Crippen LogP contribution in [-0.2, 0) is 34.0 Å². The van der Waals surface area contributed by atoms with Crippen molar-refractivity contribution in [2.45, 2.75) is 19.3 Å². The monoisotopic (exact) mass is 372 g/mol. The maximum absolute atomic E-state index is 13.1. The number of ether oxygens (including phenoxy) is 3. The molecule has 2 aliphatic heterocycles. The molecule has 0 aromatic heterocycles. The number of nitrogens with two attached hydrogens (primary N) is 1. The van der Waals surface area contributed by atoms with E-state index in [1.54, 1.807) is 43.1 Å². The molecule has 0 saturated carbocycles. The number of para-hydroxylation sites is 1. The minimum Gasteiger partial charge on any atom is -0.466 e. The number of hydrogen-bond acceptors (Lipinski definition) is 8. The molecule has 1 aromatic rings. The van der Waals surface area contributed by atoms with Gasteiger partial charge in [-0.25, -0.2) is 14.4 Å². The predicted molar refractivity (Wildman–Crippen MR) is 95.2 cm³/mol. The molecule has 0 amide bonds. The second-order valence-electron chi connectivity index (χ2n) is 6.12. The minimum atomic E-state index is -1.85. The molecule has 1 spiro atoms. The van der Waals surface area contributed by atoms with Crippen LogP contribution in [0, 0.1) is 0 Å². The second-order valence-corrected chi connectivity index (χ2v) is 6.12. The summed E-state index contributed by atoms with van der Waals surface area (Å²) in [7, 11) is 2.84. The van der Waals surface area contributed by atoms with Crippen molar-refractivity contribution in [3.8, 4) is 0 Å². The quantitative estimate of drug-likeness (QED) is 0.621. The van der Waals surface area contributed by atoms with Crippen molar-refractivity contribution >= 4 is 23.6 Å². The van der Waals surface area contributed by atoms with Gasteiger partial charge < -0.3 is 24.8 Å². The fourth-order valence-corrected chi connectivity index (χ4v) is 3.67. The van der Waals surface area contributed by atoms with E-state index in [2.05, 4.69) is 0 Å². The van der Waals surface area contributed by atoms with Crippen LogP contribution in [0.25, 0.3) is 0 Å². The van der Waals surface area contributed by atoms with Crippen LogP contribution in [0.3, 0.4) is 0 Å². The zero-order valence-electron chi connectivity index (χ0n) is 15.5. The normalized spacial score (nSPS) is 21.3. The van der Waals surface area contributed by atoms with E-state index >= 15 is 0 Å². The third-order valence-corrected chi connectivity index (χ3v) is 4.81. The molecule has 3 rings (SSSR count). The Morgan fingerprint density at radius 3 is 2.52 bits per heavy atom. The van der Waals surface area contributed by atoms with E-state index in [-0.39, 0.29) is 29.3 Å². The summed E-state index contributed by atoms with van der Waals surface area (Å²) in [4.78, 5) is 40.2. The smallest absolute Gasteiger partial charge is 0.339 e. The Bertz CT molecular complexity index is 917. The van der Waals surface area contributed by atoms with Gasteiger partial charge in [-0.15, -0.1) is 0 Å². The van der Waals surface area contributed by atoms with Crippen molar-refractivity contribution in [3.63, 3.8) is 0 Å². The third kappa shape index (κ3) is 2.33. The Hall–Kier alpha value is -3.29.